The molecule has 4 N–H and O–H groups in total. The summed E-state index contributed by atoms with van der Waals surface area (Å²) in [6.07, 6.45) is 2.46. The van der Waals surface area contributed by atoms with Gasteiger partial charge >= 0.3 is 0 Å². The zero-order valence-corrected chi connectivity index (χ0v) is 7.33. The highest BCUT2D eigenvalue weighted by atomic mass is 16.3. The maximum Gasteiger partial charge on any atom is 0.122 e. The maximum atomic E-state index is 9.52. The van der Waals surface area contributed by atoms with Crippen molar-refractivity contribution in [3.63, 3.8) is 0 Å². The number of phenolic OH excluding ortho intramolecular Hbond substituents is 2. The first kappa shape index (κ1) is 8.38. The number of benzene rings is 1. The summed E-state index contributed by atoms with van der Waals surface area (Å²) in [5.74, 6) is 0.312. The van der Waals surface area contributed by atoms with Crippen LogP contribution in [0.5, 0.6) is 11.5 Å². The quantitative estimate of drug-likeness (QED) is 0.554. The first-order valence-corrected chi connectivity index (χ1v) is 4.46. The minimum Gasteiger partial charge on any atom is -0.508 e. The number of rotatable bonds is 0. The predicted molar refractivity (Wildman–Crippen MR) is 49.8 cm³/mol. The summed E-state index contributed by atoms with van der Waals surface area (Å²) in [4.78, 5) is 0. The first-order valence-electron chi connectivity index (χ1n) is 4.46. The van der Waals surface area contributed by atoms with Crippen LogP contribution in [0.3, 0.4) is 0 Å². The molecule has 0 bridgehead atoms. The second-order valence-electron chi connectivity index (χ2n) is 3.61. The van der Waals surface area contributed by atoms with Crippen molar-refractivity contribution in [2.24, 2.45) is 5.73 Å². The molecule has 1 aromatic rings. The van der Waals surface area contributed by atoms with E-state index in [2.05, 4.69) is 0 Å². The van der Waals surface area contributed by atoms with E-state index >= 15 is 0 Å². The molecular formula is C10H13NO2. The van der Waals surface area contributed by atoms with Crippen LogP contribution < -0.4 is 5.73 Å². The smallest absolute Gasteiger partial charge is 0.122 e. The molecule has 0 saturated heterocycles. The summed E-state index contributed by atoms with van der Waals surface area (Å²) in [7, 11) is 0. The number of hydrogen-bond acceptors (Lipinski definition) is 3. The van der Waals surface area contributed by atoms with Crippen molar-refractivity contribution in [1.82, 2.24) is 0 Å². The zero-order chi connectivity index (χ0) is 9.42. The van der Waals surface area contributed by atoms with Gasteiger partial charge in [-0.1, -0.05) is 0 Å². The Balaban J connectivity index is 2.47. The largest absolute Gasteiger partial charge is 0.508 e. The van der Waals surface area contributed by atoms with E-state index in [1.807, 2.05) is 0 Å². The fourth-order valence-corrected chi connectivity index (χ4v) is 1.88. The molecule has 3 heteroatoms. The van der Waals surface area contributed by atoms with Gasteiger partial charge in [0.2, 0.25) is 0 Å². The molecule has 0 spiro atoms. The van der Waals surface area contributed by atoms with E-state index < -0.39 is 0 Å². The van der Waals surface area contributed by atoms with Crippen molar-refractivity contribution in [3.8, 4) is 11.5 Å². The van der Waals surface area contributed by atoms with Gasteiger partial charge in [0.25, 0.3) is 0 Å². The normalized spacial score (nSPS) is 21.2. The van der Waals surface area contributed by atoms with E-state index in [-0.39, 0.29) is 17.5 Å². The minimum absolute atomic E-state index is 0.116. The van der Waals surface area contributed by atoms with Gasteiger partial charge in [-0.05, 0) is 36.5 Å². The van der Waals surface area contributed by atoms with Crippen molar-refractivity contribution < 1.29 is 10.2 Å². The van der Waals surface area contributed by atoms with Crippen molar-refractivity contribution in [2.45, 2.75) is 25.3 Å². The van der Waals surface area contributed by atoms with E-state index in [9.17, 15) is 10.2 Å². The average molecular weight is 179 g/mol. The molecule has 0 saturated carbocycles. The summed E-state index contributed by atoms with van der Waals surface area (Å²) >= 11 is 0. The van der Waals surface area contributed by atoms with Gasteiger partial charge in [0.1, 0.15) is 11.5 Å². The first-order chi connectivity index (χ1) is 6.16. The lowest BCUT2D eigenvalue weighted by Crippen LogP contribution is -2.27. The summed E-state index contributed by atoms with van der Waals surface area (Å²) in [5.41, 5.74) is 7.71. The summed E-state index contributed by atoms with van der Waals surface area (Å²) < 4.78 is 0. The molecule has 1 aliphatic rings. The van der Waals surface area contributed by atoms with E-state index in [0.717, 1.165) is 30.4 Å². The summed E-state index contributed by atoms with van der Waals surface area (Å²) in [6.45, 7) is 0. The molecule has 2 rings (SSSR count). The Morgan fingerprint density at radius 1 is 1.31 bits per heavy atom. The number of phenols is 2. The molecule has 3 nitrogen and oxygen atoms in total. The van der Waals surface area contributed by atoms with Gasteiger partial charge in [-0.15, -0.1) is 0 Å². The fraction of sp³-hybridized carbons (Fsp3) is 0.400. The number of aromatic hydroxyl groups is 2. The van der Waals surface area contributed by atoms with Gasteiger partial charge in [-0.25, -0.2) is 0 Å². The fourth-order valence-electron chi connectivity index (χ4n) is 1.88. The Hall–Kier alpha value is -1.22. The molecule has 0 aromatic heterocycles. The lowest BCUT2D eigenvalue weighted by atomic mass is 9.88. The molecule has 0 radical (unpaired) electrons. The molecule has 0 fully saturated rings. The molecule has 13 heavy (non-hydrogen) atoms. The van der Waals surface area contributed by atoms with E-state index in [4.69, 9.17) is 5.73 Å². The molecule has 70 valence electrons. The summed E-state index contributed by atoms with van der Waals surface area (Å²) in [6, 6.07) is 3.23. The molecular weight excluding hydrogens is 166 g/mol. The molecule has 1 unspecified atom stereocenters. The van der Waals surface area contributed by atoms with Crippen molar-refractivity contribution in [3.05, 3.63) is 23.3 Å². The van der Waals surface area contributed by atoms with Gasteiger partial charge in [-0.3, -0.25) is 0 Å². The third-order valence-corrected chi connectivity index (χ3v) is 2.55. The Labute approximate surface area is 76.8 Å². The Morgan fingerprint density at radius 3 is 2.85 bits per heavy atom. The van der Waals surface area contributed by atoms with Crippen LogP contribution in [0.1, 0.15) is 17.5 Å². The highest BCUT2D eigenvalue weighted by Crippen LogP contribution is 2.32. The van der Waals surface area contributed by atoms with Crippen LogP contribution in [0.2, 0.25) is 0 Å². The molecule has 0 aliphatic heterocycles. The molecule has 1 aromatic carbocycles. The lowest BCUT2D eigenvalue weighted by molar-refractivity contribution is 0.436. The highest BCUT2D eigenvalue weighted by Gasteiger charge is 2.18. The molecule has 0 heterocycles. The van der Waals surface area contributed by atoms with E-state index in [1.165, 1.54) is 6.07 Å². The van der Waals surface area contributed by atoms with Crippen molar-refractivity contribution in [1.29, 1.82) is 0 Å². The third kappa shape index (κ3) is 1.47. The second-order valence-corrected chi connectivity index (χ2v) is 3.61. The van der Waals surface area contributed by atoms with Crippen LogP contribution >= 0.6 is 0 Å². The van der Waals surface area contributed by atoms with Gasteiger partial charge in [0.05, 0.1) is 0 Å². The van der Waals surface area contributed by atoms with Gasteiger partial charge in [0.15, 0.2) is 0 Å². The van der Waals surface area contributed by atoms with E-state index in [1.54, 1.807) is 6.07 Å². The van der Waals surface area contributed by atoms with E-state index in [0.29, 0.717) is 0 Å². The predicted octanol–water partition coefficient (Wildman–Crippen LogP) is 0.914. The number of nitrogens with two attached hydrogens (primary N) is 1. The topological polar surface area (TPSA) is 66.5 Å². The van der Waals surface area contributed by atoms with Crippen LogP contribution in [-0.2, 0) is 12.8 Å². The SMILES string of the molecule is NC1CCc2c(O)cc(O)cc2C1. The van der Waals surface area contributed by atoms with Crippen LogP contribution in [0.15, 0.2) is 12.1 Å². The highest BCUT2D eigenvalue weighted by molar-refractivity contribution is 5.46. The van der Waals surface area contributed by atoms with Crippen LogP contribution in [-0.4, -0.2) is 16.3 Å². The van der Waals surface area contributed by atoms with Gasteiger partial charge < -0.3 is 15.9 Å². The average Bonchev–Trinajstić information content (AvgIpc) is 2.02. The number of fused-ring (bicyclic) bond motifs is 1. The van der Waals surface area contributed by atoms with Crippen molar-refractivity contribution >= 4 is 0 Å². The zero-order valence-electron chi connectivity index (χ0n) is 7.33. The van der Waals surface area contributed by atoms with Crippen LogP contribution in [0, 0.1) is 0 Å². The summed E-state index contributed by atoms with van der Waals surface area (Å²) in [5, 5.41) is 18.8. The molecule has 1 aliphatic carbocycles. The lowest BCUT2D eigenvalue weighted by Gasteiger charge is -2.22. The number of hydrogen-bond donors (Lipinski definition) is 3. The second kappa shape index (κ2) is 2.92. The standard InChI is InChI=1S/C10H13NO2/c11-7-1-2-9-6(3-7)4-8(12)5-10(9)13/h4-5,7,12-13H,1-3,11H2. The molecule has 1 atom stereocenters. The van der Waals surface area contributed by atoms with Crippen molar-refractivity contribution in [2.75, 3.05) is 0 Å². The Bertz CT molecular complexity index is 336. The Morgan fingerprint density at radius 2 is 2.08 bits per heavy atom. The molecule has 0 amide bonds. The van der Waals surface area contributed by atoms with Crippen LogP contribution in [0.25, 0.3) is 0 Å². The third-order valence-electron chi connectivity index (χ3n) is 2.55. The minimum atomic E-state index is 0.116. The van der Waals surface area contributed by atoms with Crippen LogP contribution in [0.4, 0.5) is 0 Å². The van der Waals surface area contributed by atoms with Gasteiger partial charge in [0, 0.05) is 12.1 Å². The monoisotopic (exact) mass is 179 g/mol. The van der Waals surface area contributed by atoms with Gasteiger partial charge in [-0.2, -0.15) is 0 Å². The maximum absolute atomic E-state index is 9.52. The Kier molecular flexibility index (Phi) is 1.88.